The number of carboxylic acid groups (broad SMARTS) is 1. The highest BCUT2D eigenvalue weighted by Gasteiger charge is 2.32. The van der Waals surface area contributed by atoms with E-state index >= 15 is 8.78 Å². The van der Waals surface area contributed by atoms with Crippen LogP contribution >= 0.6 is 23.4 Å². The molecule has 1 aromatic heterocycles. The van der Waals surface area contributed by atoms with Gasteiger partial charge in [-0.3, -0.25) is 4.57 Å². The Bertz CT molecular complexity index is 2030. The van der Waals surface area contributed by atoms with Crippen LogP contribution in [0.4, 0.5) is 26.3 Å². The summed E-state index contributed by atoms with van der Waals surface area (Å²) in [6.07, 6.45) is -3.04. The van der Waals surface area contributed by atoms with Crippen molar-refractivity contribution in [2.75, 3.05) is 54.5 Å². The molecule has 0 spiro atoms. The predicted molar refractivity (Wildman–Crippen MR) is 194 cm³/mol. The second-order valence-electron chi connectivity index (χ2n) is 13.6. The number of aromatic nitrogens is 2. The van der Waals surface area contributed by atoms with Crippen molar-refractivity contribution >= 4 is 39.4 Å². The highest BCUT2D eigenvalue weighted by atomic mass is 35.5. The van der Waals surface area contributed by atoms with E-state index in [1.807, 2.05) is 47.1 Å². The number of nitrogens with zero attached hydrogens (tertiary/aromatic N) is 4. The lowest BCUT2D eigenvalue weighted by atomic mass is 9.81. The highest BCUT2D eigenvalue weighted by Crippen LogP contribution is 2.39. The Morgan fingerprint density at radius 2 is 1.60 bits per heavy atom. The van der Waals surface area contributed by atoms with Crippen LogP contribution in [0.25, 0.3) is 5.69 Å². The fourth-order valence-electron chi connectivity index (χ4n) is 5.25. The van der Waals surface area contributed by atoms with E-state index in [2.05, 4.69) is 4.98 Å². The largest absolute Gasteiger partial charge is 0.542 e. The molecule has 0 saturated carbocycles. The number of methoxy groups -OCH3 is 1. The average Bonchev–Trinajstić information content (AvgIpc) is 3.52. The first-order valence-corrected chi connectivity index (χ1v) is 19.2. The summed E-state index contributed by atoms with van der Waals surface area (Å²) < 4.78 is 112. The molecule has 55 heavy (non-hydrogen) atoms. The maximum Gasteiger partial charge on any atom is 0.430 e. The molecule has 0 radical (unpaired) electrons. The molecule has 0 aliphatic heterocycles. The number of imidazole rings is 1. The molecule has 10 nitrogen and oxygen atoms in total. The lowest BCUT2D eigenvalue weighted by Crippen LogP contribution is -2.39. The van der Waals surface area contributed by atoms with E-state index in [4.69, 9.17) is 26.2 Å². The number of aliphatic hydroxyl groups is 1. The summed E-state index contributed by atoms with van der Waals surface area (Å²) in [4.78, 5) is 12.8. The van der Waals surface area contributed by atoms with Crippen molar-refractivity contribution in [3.05, 3.63) is 100 Å². The first-order valence-electron chi connectivity index (χ1n) is 16.4. The molecule has 0 aliphatic carbocycles. The Morgan fingerprint density at radius 3 is 2.11 bits per heavy atom. The number of carbonyl (C=O) groups excluding carboxylic acids is 1. The summed E-state index contributed by atoms with van der Waals surface area (Å²) in [6.45, 7) is 4.07. The average molecular weight is 839 g/mol. The number of thioether (sulfide) groups is 1. The number of ether oxygens (including phenoxy) is 1. The maximum absolute atomic E-state index is 15.5. The number of quaternary nitrogens is 1. The van der Waals surface area contributed by atoms with Gasteiger partial charge < -0.3 is 24.2 Å². The van der Waals surface area contributed by atoms with Crippen LogP contribution in [0, 0.1) is 17.5 Å². The van der Waals surface area contributed by atoms with Gasteiger partial charge in [-0.25, -0.2) is 26.6 Å². The molecule has 0 aliphatic rings. The topological polar surface area (TPSA) is 125 Å². The fourth-order valence-corrected chi connectivity index (χ4v) is 7.95. The first kappa shape index (κ1) is 45.6. The van der Waals surface area contributed by atoms with Crippen LogP contribution in [0.1, 0.15) is 37.1 Å². The van der Waals surface area contributed by atoms with Crippen molar-refractivity contribution in [3.8, 4) is 11.4 Å². The minimum atomic E-state index is -5.19. The van der Waals surface area contributed by atoms with Gasteiger partial charge in [-0.05, 0) is 54.1 Å². The van der Waals surface area contributed by atoms with Crippen LogP contribution in [-0.4, -0.2) is 98.5 Å². The standard InChI is InChI=1S/C34H41ClF3N4O4S2.C2HF3O2/c1-34(2,23-8-13-28(35)31(18-23)46-6)32-21-39-33(41(32)25-11-9-24(36)10-12-25)47-22-27-29(37)19-26(20-30(27)38)48(44,45)40(15-17-43)14-7-16-42(3,4)5;3-2(4,5)1(6)7/h8-13,18-21,43H,7,14-17,22H2,1-6H3;(H,6,7)/q+1;/p-1. The zero-order valence-electron chi connectivity index (χ0n) is 30.8. The van der Waals surface area contributed by atoms with E-state index in [-0.39, 0.29) is 24.4 Å². The second-order valence-corrected chi connectivity index (χ2v) is 16.9. The van der Waals surface area contributed by atoms with E-state index in [9.17, 15) is 31.1 Å². The summed E-state index contributed by atoms with van der Waals surface area (Å²) >= 11 is 7.32. The van der Waals surface area contributed by atoms with Gasteiger partial charge in [-0.15, -0.1) is 0 Å². The Balaban J connectivity index is 0.00000106. The van der Waals surface area contributed by atoms with E-state index < -0.39 is 56.5 Å². The number of carbonyl (C=O) groups is 1. The number of alkyl halides is 3. The molecular weight excluding hydrogens is 798 g/mol. The number of aliphatic carboxylic acids is 1. The Labute approximate surface area is 324 Å². The molecule has 1 N–H and O–H groups in total. The molecule has 1 heterocycles. The lowest BCUT2D eigenvalue weighted by Gasteiger charge is -2.28. The third kappa shape index (κ3) is 11.8. The molecule has 3 aromatic carbocycles. The number of rotatable bonds is 15. The molecule has 0 bridgehead atoms. The van der Waals surface area contributed by atoms with E-state index in [0.29, 0.717) is 44.8 Å². The third-order valence-corrected chi connectivity index (χ3v) is 11.4. The number of aliphatic hydroxyl groups excluding tert-OH is 1. The molecule has 302 valence electrons. The first-order chi connectivity index (χ1) is 25.4. The van der Waals surface area contributed by atoms with Crippen LogP contribution in [0.2, 0.25) is 5.02 Å². The van der Waals surface area contributed by atoms with Gasteiger partial charge in [0.25, 0.3) is 0 Å². The quantitative estimate of drug-likeness (QED) is 0.0886. The zero-order valence-corrected chi connectivity index (χ0v) is 33.1. The lowest BCUT2D eigenvalue weighted by molar-refractivity contribution is -0.870. The second kappa shape index (κ2) is 18.4. The number of benzene rings is 3. The number of sulfonamides is 1. The molecule has 0 saturated heterocycles. The number of hydrogen-bond acceptors (Lipinski definition) is 8. The Morgan fingerprint density at radius 1 is 1.02 bits per heavy atom. The van der Waals surface area contributed by atoms with E-state index in [1.165, 1.54) is 19.2 Å². The molecule has 0 atom stereocenters. The molecule has 4 aromatic rings. The van der Waals surface area contributed by atoms with Crippen LogP contribution in [0.3, 0.4) is 0 Å². The fraction of sp³-hybridized carbons (Fsp3) is 0.389. The van der Waals surface area contributed by atoms with Gasteiger partial charge >= 0.3 is 6.18 Å². The van der Waals surface area contributed by atoms with Crippen LogP contribution in [0.5, 0.6) is 5.75 Å². The van der Waals surface area contributed by atoms with Crippen LogP contribution < -0.4 is 9.84 Å². The molecule has 0 fully saturated rings. The van der Waals surface area contributed by atoms with Crippen molar-refractivity contribution in [1.82, 2.24) is 13.9 Å². The highest BCUT2D eigenvalue weighted by molar-refractivity contribution is 7.98. The summed E-state index contributed by atoms with van der Waals surface area (Å²) in [6, 6.07) is 12.8. The number of halogens is 7. The molecule has 0 amide bonds. The van der Waals surface area contributed by atoms with Crippen molar-refractivity contribution in [2.24, 2.45) is 0 Å². The summed E-state index contributed by atoms with van der Waals surface area (Å²) in [7, 11) is 3.14. The number of hydrogen-bond donors (Lipinski definition) is 1. The predicted octanol–water partition coefficient (Wildman–Crippen LogP) is 5.95. The normalized spacial score (nSPS) is 12.4. The van der Waals surface area contributed by atoms with Gasteiger partial charge in [0.2, 0.25) is 10.0 Å². The van der Waals surface area contributed by atoms with Crippen molar-refractivity contribution < 1.29 is 59.0 Å². The monoisotopic (exact) mass is 838 g/mol. The van der Waals surface area contributed by atoms with Crippen LogP contribution in [0.15, 0.2) is 70.8 Å². The Hall–Kier alpha value is -3.81. The van der Waals surface area contributed by atoms with Gasteiger partial charge in [-0.1, -0.05) is 43.3 Å². The molecule has 0 unspecified atom stereocenters. The van der Waals surface area contributed by atoms with Gasteiger partial charge in [0.1, 0.15) is 29.2 Å². The smallest absolute Gasteiger partial charge is 0.430 e. The summed E-state index contributed by atoms with van der Waals surface area (Å²) in [5.41, 5.74) is 1.13. The Kier molecular flexibility index (Phi) is 15.3. The van der Waals surface area contributed by atoms with Gasteiger partial charge in [0, 0.05) is 41.9 Å². The van der Waals surface area contributed by atoms with Crippen molar-refractivity contribution in [1.29, 1.82) is 0 Å². The van der Waals surface area contributed by atoms with Gasteiger partial charge in [0.05, 0.1) is 63.2 Å². The van der Waals surface area contributed by atoms with Gasteiger partial charge in [0.15, 0.2) is 5.16 Å². The molecule has 4 rings (SSSR count). The van der Waals surface area contributed by atoms with E-state index in [1.54, 1.807) is 29.0 Å². The SMILES string of the molecule is COc1cc(C(C)(C)c2cnc(SCc3c(F)cc(S(=O)(=O)N(CCO)CCC[N+](C)(C)C)cc3F)n2-c2ccc(F)cc2)ccc1Cl.O=C([O-])C(F)(F)F. The zero-order chi connectivity index (χ0) is 41.5. The maximum atomic E-state index is 15.5. The van der Waals surface area contributed by atoms with Crippen molar-refractivity contribution in [2.45, 2.75) is 47.7 Å². The minimum Gasteiger partial charge on any atom is -0.542 e. The summed E-state index contributed by atoms with van der Waals surface area (Å²) in [5.74, 6) is -5.21. The summed E-state index contributed by atoms with van der Waals surface area (Å²) in [5, 5.41) is 19.1. The number of carboxylic acids is 1. The van der Waals surface area contributed by atoms with Crippen molar-refractivity contribution in [3.63, 3.8) is 0 Å². The third-order valence-electron chi connectivity index (χ3n) is 8.24. The molecular formula is C36H41ClF6N4O6S2. The minimum absolute atomic E-state index is 0.0901. The van der Waals surface area contributed by atoms with Crippen LogP contribution in [-0.2, 0) is 26.0 Å². The molecule has 19 heteroatoms. The van der Waals surface area contributed by atoms with E-state index in [0.717, 1.165) is 33.8 Å². The van der Waals surface area contributed by atoms with Gasteiger partial charge in [-0.2, -0.15) is 17.5 Å².